The molecular formula is C10H11N3O2S. The lowest BCUT2D eigenvalue weighted by atomic mass is 10.3. The van der Waals surface area contributed by atoms with Crippen molar-refractivity contribution in [3.63, 3.8) is 0 Å². The minimum absolute atomic E-state index is 0.847. The summed E-state index contributed by atoms with van der Waals surface area (Å²) in [6, 6.07) is 7.74. The summed E-state index contributed by atoms with van der Waals surface area (Å²) in [5.74, 6) is 0. The number of aromatic amines is 1. The molecule has 0 aliphatic carbocycles. The van der Waals surface area contributed by atoms with Crippen molar-refractivity contribution >= 4 is 20.9 Å². The summed E-state index contributed by atoms with van der Waals surface area (Å²) in [7, 11) is -3.13. The molecule has 0 unspecified atom stereocenters. The summed E-state index contributed by atoms with van der Waals surface area (Å²) < 4.78 is 20.3. The lowest BCUT2D eigenvalue weighted by Gasteiger charge is -1.79. The predicted molar refractivity (Wildman–Crippen MR) is 63.2 cm³/mol. The Hall–Kier alpha value is -1.95. The summed E-state index contributed by atoms with van der Waals surface area (Å²) in [6.45, 7) is 6.09. The number of benzene rings is 1. The van der Waals surface area contributed by atoms with Crippen molar-refractivity contribution in [3.8, 4) is 0 Å². The van der Waals surface area contributed by atoms with Gasteiger partial charge in [0.15, 0.2) is 9.84 Å². The molecule has 0 atom stereocenters. The molecule has 1 aromatic heterocycles. The summed E-state index contributed by atoms with van der Waals surface area (Å²) in [5.41, 5.74) is 1.90. The van der Waals surface area contributed by atoms with Gasteiger partial charge < -0.3 is 0 Å². The molecule has 0 spiro atoms. The van der Waals surface area contributed by atoms with Gasteiger partial charge in [-0.25, -0.2) is 8.42 Å². The van der Waals surface area contributed by atoms with Crippen LogP contribution in [0.15, 0.2) is 48.2 Å². The van der Waals surface area contributed by atoms with Gasteiger partial charge in [-0.05, 0) is 12.1 Å². The second-order valence-electron chi connectivity index (χ2n) is 2.75. The van der Waals surface area contributed by atoms with Crippen LogP contribution in [0, 0.1) is 0 Å². The molecule has 0 aliphatic rings. The second-order valence-corrected chi connectivity index (χ2v) is 4.60. The molecule has 6 heteroatoms. The fourth-order valence-corrected chi connectivity index (χ4v) is 0.992. The molecule has 0 amide bonds. The van der Waals surface area contributed by atoms with E-state index < -0.39 is 9.84 Å². The Bertz CT molecular complexity index is 543. The molecule has 1 aromatic carbocycles. The molecule has 1 N–H and O–H groups in total. The number of rotatable bonds is 2. The zero-order valence-electron chi connectivity index (χ0n) is 8.50. The Morgan fingerprint density at radius 2 is 1.81 bits per heavy atom. The van der Waals surface area contributed by atoms with Gasteiger partial charge in [-0.3, -0.25) is 5.10 Å². The van der Waals surface area contributed by atoms with Crippen LogP contribution in [0.4, 0.5) is 0 Å². The van der Waals surface area contributed by atoms with Gasteiger partial charge in [0.2, 0.25) is 0 Å². The maximum absolute atomic E-state index is 10.1. The van der Waals surface area contributed by atoms with Gasteiger partial charge in [-0.1, -0.05) is 30.5 Å². The van der Waals surface area contributed by atoms with Gasteiger partial charge in [-0.2, -0.15) is 0 Å². The summed E-state index contributed by atoms with van der Waals surface area (Å²) in [6.07, 6.45) is 0. The van der Waals surface area contributed by atoms with E-state index in [1.54, 1.807) is 0 Å². The molecule has 2 aromatic rings. The average molecular weight is 237 g/mol. The number of sulfone groups is 1. The van der Waals surface area contributed by atoms with E-state index in [0.29, 0.717) is 0 Å². The van der Waals surface area contributed by atoms with Gasteiger partial charge in [-0.15, -0.1) is 5.10 Å². The molecule has 2 rings (SSSR count). The third-order valence-corrected chi connectivity index (χ3v) is 2.63. The highest BCUT2D eigenvalue weighted by Crippen LogP contribution is 2.03. The van der Waals surface area contributed by atoms with E-state index in [1.165, 1.54) is 0 Å². The Labute approximate surface area is 93.4 Å². The van der Waals surface area contributed by atoms with E-state index in [9.17, 15) is 8.42 Å². The van der Waals surface area contributed by atoms with Crippen molar-refractivity contribution in [1.29, 1.82) is 0 Å². The predicted octanol–water partition coefficient (Wildman–Crippen LogP) is 1.65. The van der Waals surface area contributed by atoms with Crippen LogP contribution in [0.2, 0.25) is 0 Å². The summed E-state index contributed by atoms with van der Waals surface area (Å²) >= 11 is 0. The fraction of sp³-hybridized carbons (Fsp3) is 0. The minimum atomic E-state index is -3.13. The zero-order valence-corrected chi connectivity index (χ0v) is 9.31. The van der Waals surface area contributed by atoms with E-state index in [-0.39, 0.29) is 0 Å². The van der Waals surface area contributed by atoms with Crippen LogP contribution in [-0.4, -0.2) is 23.8 Å². The average Bonchev–Trinajstić information content (AvgIpc) is 2.78. The van der Waals surface area contributed by atoms with E-state index in [4.69, 9.17) is 0 Å². The highest BCUT2D eigenvalue weighted by Gasteiger charge is 1.91. The fourth-order valence-electron chi connectivity index (χ4n) is 0.856. The van der Waals surface area contributed by atoms with Gasteiger partial charge in [0.25, 0.3) is 0 Å². The van der Waals surface area contributed by atoms with Crippen LogP contribution >= 0.6 is 0 Å². The highest BCUT2D eigenvalue weighted by atomic mass is 32.2. The molecule has 0 radical (unpaired) electrons. The second kappa shape index (κ2) is 5.22. The molecule has 1 heterocycles. The van der Waals surface area contributed by atoms with E-state index >= 15 is 0 Å². The van der Waals surface area contributed by atoms with Gasteiger partial charge >= 0.3 is 0 Å². The molecule has 5 nitrogen and oxygen atoms in total. The van der Waals surface area contributed by atoms with E-state index in [2.05, 4.69) is 28.6 Å². The van der Waals surface area contributed by atoms with Crippen LogP contribution in [-0.2, 0) is 9.84 Å². The van der Waals surface area contributed by atoms with Crippen LogP contribution < -0.4 is 0 Å². The van der Waals surface area contributed by atoms with Crippen LogP contribution in [0.25, 0.3) is 11.0 Å². The molecule has 16 heavy (non-hydrogen) atoms. The first-order chi connectivity index (χ1) is 7.59. The first-order valence-corrected chi connectivity index (χ1v) is 5.96. The van der Waals surface area contributed by atoms with Crippen molar-refractivity contribution in [3.05, 3.63) is 48.2 Å². The minimum Gasteiger partial charge on any atom is -0.258 e. The Balaban J connectivity index is 0.000000168. The molecule has 0 fully saturated rings. The molecule has 84 valence electrons. The van der Waals surface area contributed by atoms with Crippen molar-refractivity contribution in [2.45, 2.75) is 0 Å². The van der Waals surface area contributed by atoms with Crippen LogP contribution in [0.5, 0.6) is 0 Å². The number of fused-ring (bicyclic) bond motifs is 1. The van der Waals surface area contributed by atoms with Crippen LogP contribution in [0.3, 0.4) is 0 Å². The lowest BCUT2D eigenvalue weighted by molar-refractivity contribution is 0.613. The number of hydrogen-bond acceptors (Lipinski definition) is 4. The topological polar surface area (TPSA) is 75.7 Å². The number of para-hydroxylation sites is 1. The molecule has 0 bridgehead atoms. The number of H-pyrrole nitrogens is 1. The van der Waals surface area contributed by atoms with Gasteiger partial charge in [0.1, 0.15) is 5.52 Å². The van der Waals surface area contributed by atoms with Gasteiger partial charge in [0, 0.05) is 10.8 Å². The Morgan fingerprint density at radius 1 is 1.19 bits per heavy atom. The first-order valence-electron chi connectivity index (χ1n) is 4.35. The highest BCUT2D eigenvalue weighted by molar-refractivity contribution is 7.97. The Kier molecular flexibility index (Phi) is 3.96. The smallest absolute Gasteiger partial charge is 0.191 e. The van der Waals surface area contributed by atoms with Crippen LogP contribution in [0.1, 0.15) is 0 Å². The zero-order chi connectivity index (χ0) is 12.0. The van der Waals surface area contributed by atoms with E-state index in [0.717, 1.165) is 21.8 Å². The molecule has 0 aliphatic heterocycles. The number of nitrogens with zero attached hydrogens (tertiary/aromatic N) is 2. The van der Waals surface area contributed by atoms with Gasteiger partial charge in [0.05, 0.1) is 5.52 Å². The maximum Gasteiger partial charge on any atom is 0.191 e. The van der Waals surface area contributed by atoms with Crippen molar-refractivity contribution in [1.82, 2.24) is 15.4 Å². The summed E-state index contributed by atoms with van der Waals surface area (Å²) in [4.78, 5) is 0. The van der Waals surface area contributed by atoms with Crippen molar-refractivity contribution in [2.75, 3.05) is 0 Å². The number of aromatic nitrogens is 3. The number of nitrogens with one attached hydrogen (secondary N) is 1. The third kappa shape index (κ3) is 3.32. The number of hydrogen-bond donors (Lipinski definition) is 1. The molecule has 0 saturated carbocycles. The summed E-state index contributed by atoms with van der Waals surface area (Å²) in [5, 5.41) is 11.9. The normalized spacial score (nSPS) is 10.2. The van der Waals surface area contributed by atoms with E-state index in [1.807, 2.05) is 24.3 Å². The molecular weight excluding hydrogens is 226 g/mol. The third-order valence-electron chi connectivity index (χ3n) is 1.70. The first kappa shape index (κ1) is 12.1. The monoisotopic (exact) mass is 237 g/mol. The molecule has 0 saturated heterocycles. The largest absolute Gasteiger partial charge is 0.258 e. The Morgan fingerprint density at radius 3 is 2.31 bits per heavy atom. The lowest BCUT2D eigenvalue weighted by Crippen LogP contribution is -1.83. The standard InChI is InChI=1S/C6H5N3.C4H6O2S/c1-2-4-6-5(3-1)7-9-8-6;1-3-7(5,6)4-2/h1-4H,(H,7,8,9);3-4H,1-2H2. The maximum atomic E-state index is 10.1. The van der Waals surface area contributed by atoms with Crippen molar-refractivity contribution in [2.24, 2.45) is 0 Å². The quantitative estimate of drug-likeness (QED) is 0.861. The van der Waals surface area contributed by atoms with Crippen molar-refractivity contribution < 1.29 is 8.42 Å². The SMILES string of the molecule is C=CS(=O)(=O)C=C.c1ccc2[nH]nnc2c1.